The maximum Gasteiger partial charge on any atom is 0.133 e. The number of nitrogens with zero attached hydrogens (tertiary/aromatic N) is 2. The minimum absolute atomic E-state index is 0.505. The van der Waals surface area contributed by atoms with Crippen molar-refractivity contribution in [2.45, 2.75) is 32.4 Å². The van der Waals surface area contributed by atoms with E-state index in [1.54, 1.807) is 0 Å². The van der Waals surface area contributed by atoms with Crippen molar-refractivity contribution in [1.82, 2.24) is 15.0 Å². The quantitative estimate of drug-likeness (QED) is 0.880. The van der Waals surface area contributed by atoms with Gasteiger partial charge in [-0.15, -0.1) is 0 Å². The third-order valence-corrected chi connectivity index (χ3v) is 3.56. The maximum absolute atomic E-state index is 5.08. The summed E-state index contributed by atoms with van der Waals surface area (Å²) in [5.41, 5.74) is 2.35. The van der Waals surface area contributed by atoms with Crippen LogP contribution in [0.5, 0.6) is 0 Å². The summed E-state index contributed by atoms with van der Waals surface area (Å²) >= 11 is 0. The molecule has 1 aliphatic rings. The van der Waals surface area contributed by atoms with Crippen LogP contribution in [0.2, 0.25) is 0 Å². The average molecular weight is 245 g/mol. The van der Waals surface area contributed by atoms with E-state index in [2.05, 4.69) is 33.5 Å². The molecule has 2 aromatic rings. The Bertz CT molecular complexity index is 525. The molecule has 3 rings (SSSR count). The van der Waals surface area contributed by atoms with Crippen LogP contribution in [0, 0.1) is 12.8 Å². The van der Waals surface area contributed by atoms with Gasteiger partial charge in [0, 0.05) is 24.5 Å². The van der Waals surface area contributed by atoms with Gasteiger partial charge in [-0.1, -0.05) is 5.16 Å². The molecule has 18 heavy (non-hydrogen) atoms. The molecular weight excluding hydrogens is 226 g/mol. The van der Waals surface area contributed by atoms with Gasteiger partial charge in [0.25, 0.3) is 0 Å². The number of nitrogens with one attached hydrogen (secondary N) is 1. The van der Waals surface area contributed by atoms with Crippen molar-refractivity contribution >= 4 is 0 Å². The molecule has 1 unspecified atom stereocenters. The second kappa shape index (κ2) is 4.61. The highest BCUT2D eigenvalue weighted by Crippen LogP contribution is 2.40. The molecule has 0 bridgehead atoms. The SMILES string of the molecule is CNC(c1ccn(Cc2cc(C)on2)c1)C1CC1. The molecule has 1 saturated carbocycles. The zero-order chi connectivity index (χ0) is 12.5. The number of rotatable bonds is 5. The van der Waals surface area contributed by atoms with Gasteiger partial charge in [0.05, 0.1) is 6.54 Å². The summed E-state index contributed by atoms with van der Waals surface area (Å²) in [6, 6.07) is 4.69. The lowest BCUT2D eigenvalue weighted by atomic mass is 10.1. The lowest BCUT2D eigenvalue weighted by Crippen LogP contribution is -2.17. The molecule has 1 N–H and O–H groups in total. The van der Waals surface area contributed by atoms with Crippen molar-refractivity contribution in [2.75, 3.05) is 7.05 Å². The van der Waals surface area contributed by atoms with Crippen LogP contribution >= 0.6 is 0 Å². The van der Waals surface area contributed by atoms with Crippen LogP contribution in [-0.2, 0) is 6.54 Å². The normalized spacial score (nSPS) is 17.0. The van der Waals surface area contributed by atoms with Gasteiger partial charge in [0.1, 0.15) is 11.5 Å². The highest BCUT2D eigenvalue weighted by molar-refractivity contribution is 5.19. The van der Waals surface area contributed by atoms with Gasteiger partial charge in [-0.3, -0.25) is 0 Å². The van der Waals surface area contributed by atoms with Crippen LogP contribution < -0.4 is 5.32 Å². The largest absolute Gasteiger partial charge is 0.361 e. The van der Waals surface area contributed by atoms with E-state index in [1.165, 1.54) is 18.4 Å². The number of aromatic nitrogens is 2. The van der Waals surface area contributed by atoms with Crippen molar-refractivity contribution < 1.29 is 4.52 Å². The number of aryl methyl sites for hydroxylation is 1. The summed E-state index contributed by atoms with van der Waals surface area (Å²) in [6.07, 6.45) is 7.02. The van der Waals surface area contributed by atoms with Gasteiger partial charge in [0.2, 0.25) is 0 Å². The summed E-state index contributed by atoms with van der Waals surface area (Å²) in [4.78, 5) is 0. The molecule has 96 valence electrons. The first kappa shape index (κ1) is 11.5. The molecule has 2 aromatic heterocycles. The standard InChI is InChI=1S/C14H19N3O/c1-10-7-13(16-18-10)9-17-6-5-12(8-17)14(15-2)11-3-4-11/h5-8,11,14-15H,3-4,9H2,1-2H3. The van der Waals surface area contributed by atoms with Gasteiger partial charge >= 0.3 is 0 Å². The molecule has 0 radical (unpaired) electrons. The Labute approximate surface area is 107 Å². The van der Waals surface area contributed by atoms with Crippen molar-refractivity contribution in [3.05, 3.63) is 41.5 Å². The number of hydrogen-bond acceptors (Lipinski definition) is 3. The van der Waals surface area contributed by atoms with Crippen LogP contribution in [0.15, 0.2) is 29.0 Å². The van der Waals surface area contributed by atoms with Crippen molar-refractivity contribution in [1.29, 1.82) is 0 Å². The van der Waals surface area contributed by atoms with Crippen LogP contribution in [0.4, 0.5) is 0 Å². The summed E-state index contributed by atoms with van der Waals surface area (Å²) in [5.74, 6) is 1.68. The Hall–Kier alpha value is -1.55. The second-order valence-electron chi connectivity index (χ2n) is 5.15. The third kappa shape index (κ3) is 2.34. The van der Waals surface area contributed by atoms with Gasteiger partial charge in [-0.2, -0.15) is 0 Å². The van der Waals surface area contributed by atoms with Crippen LogP contribution in [0.25, 0.3) is 0 Å². The van der Waals surface area contributed by atoms with Crippen molar-refractivity contribution in [2.24, 2.45) is 5.92 Å². The van der Waals surface area contributed by atoms with E-state index in [1.807, 2.05) is 20.0 Å². The first-order chi connectivity index (χ1) is 8.76. The number of hydrogen-bond donors (Lipinski definition) is 1. The minimum Gasteiger partial charge on any atom is -0.361 e. The van der Waals surface area contributed by atoms with Crippen molar-refractivity contribution in [3.8, 4) is 0 Å². The molecule has 0 amide bonds. The van der Waals surface area contributed by atoms with E-state index < -0.39 is 0 Å². The fourth-order valence-corrected chi connectivity index (χ4v) is 2.53. The van der Waals surface area contributed by atoms with E-state index in [0.717, 1.165) is 23.9 Å². The third-order valence-electron chi connectivity index (χ3n) is 3.56. The van der Waals surface area contributed by atoms with Gasteiger partial charge in [0.15, 0.2) is 0 Å². The Morgan fingerprint density at radius 2 is 2.39 bits per heavy atom. The summed E-state index contributed by atoms with van der Waals surface area (Å²) in [7, 11) is 2.04. The fraction of sp³-hybridized carbons (Fsp3) is 0.500. The molecule has 1 aliphatic carbocycles. The first-order valence-corrected chi connectivity index (χ1v) is 6.51. The fourth-order valence-electron chi connectivity index (χ4n) is 2.53. The zero-order valence-electron chi connectivity index (χ0n) is 10.9. The second-order valence-corrected chi connectivity index (χ2v) is 5.15. The van der Waals surface area contributed by atoms with Gasteiger partial charge < -0.3 is 14.4 Å². The first-order valence-electron chi connectivity index (χ1n) is 6.51. The summed E-state index contributed by atoms with van der Waals surface area (Å²) in [5, 5.41) is 7.44. The molecule has 4 nitrogen and oxygen atoms in total. The van der Waals surface area contributed by atoms with E-state index in [-0.39, 0.29) is 0 Å². The van der Waals surface area contributed by atoms with E-state index in [0.29, 0.717) is 6.04 Å². The average Bonchev–Trinajstić information content (AvgIpc) is 2.94. The predicted octanol–water partition coefficient (Wildman–Crippen LogP) is 2.50. The maximum atomic E-state index is 5.08. The molecule has 2 heterocycles. The summed E-state index contributed by atoms with van der Waals surface area (Å²) < 4.78 is 7.25. The topological polar surface area (TPSA) is 43.0 Å². The monoisotopic (exact) mass is 245 g/mol. The van der Waals surface area contributed by atoms with E-state index in [9.17, 15) is 0 Å². The summed E-state index contributed by atoms with van der Waals surface area (Å²) in [6.45, 7) is 2.69. The predicted molar refractivity (Wildman–Crippen MR) is 69.3 cm³/mol. The highest BCUT2D eigenvalue weighted by Gasteiger charge is 2.31. The Kier molecular flexibility index (Phi) is 2.96. The molecule has 1 atom stereocenters. The van der Waals surface area contributed by atoms with Crippen LogP contribution in [-0.4, -0.2) is 16.8 Å². The van der Waals surface area contributed by atoms with E-state index in [4.69, 9.17) is 4.52 Å². The Balaban J connectivity index is 1.72. The van der Waals surface area contributed by atoms with Gasteiger partial charge in [-0.25, -0.2) is 0 Å². The minimum atomic E-state index is 0.505. The highest BCUT2D eigenvalue weighted by atomic mass is 16.5. The Morgan fingerprint density at radius 1 is 1.56 bits per heavy atom. The molecule has 0 aliphatic heterocycles. The Morgan fingerprint density at radius 3 is 3.00 bits per heavy atom. The molecule has 4 heteroatoms. The lowest BCUT2D eigenvalue weighted by Gasteiger charge is -2.13. The van der Waals surface area contributed by atoms with Crippen LogP contribution in [0.3, 0.4) is 0 Å². The molecule has 0 saturated heterocycles. The molecular formula is C14H19N3O. The zero-order valence-corrected chi connectivity index (χ0v) is 10.9. The van der Waals surface area contributed by atoms with E-state index >= 15 is 0 Å². The molecule has 1 fully saturated rings. The van der Waals surface area contributed by atoms with Gasteiger partial charge in [-0.05, 0) is 44.4 Å². The lowest BCUT2D eigenvalue weighted by molar-refractivity contribution is 0.389. The molecule has 0 aromatic carbocycles. The van der Waals surface area contributed by atoms with Crippen molar-refractivity contribution in [3.63, 3.8) is 0 Å². The molecule has 0 spiro atoms. The smallest absolute Gasteiger partial charge is 0.133 e. The van der Waals surface area contributed by atoms with Crippen LogP contribution in [0.1, 0.15) is 35.9 Å².